The molecule has 1 atom stereocenters. The Morgan fingerprint density at radius 2 is 2.00 bits per heavy atom. The van der Waals surface area contributed by atoms with Crippen LogP contribution in [0, 0.1) is 5.82 Å². The first-order valence-electron chi connectivity index (χ1n) is 6.40. The molecular formula is C15H21FN2O. The number of hydrogen-bond acceptors (Lipinski definition) is 3. The summed E-state index contributed by atoms with van der Waals surface area (Å²) in [5, 5.41) is 4.06. The van der Waals surface area contributed by atoms with Crippen molar-refractivity contribution >= 4 is 11.0 Å². The number of nitrogens with zero attached hydrogens (tertiary/aromatic N) is 1. The molecule has 3 nitrogen and oxygen atoms in total. The lowest BCUT2D eigenvalue weighted by molar-refractivity contribution is 0.130. The number of halogens is 1. The summed E-state index contributed by atoms with van der Waals surface area (Å²) >= 11 is 0. The highest BCUT2D eigenvalue weighted by Gasteiger charge is 2.34. The van der Waals surface area contributed by atoms with Crippen LogP contribution < -0.4 is 5.32 Å². The SMILES string of the molecule is CNC(c1cc2cccc(F)c2o1)C(C)(C)N(C)C. The maximum atomic E-state index is 13.7. The minimum absolute atomic E-state index is 0.0192. The molecule has 0 radical (unpaired) electrons. The zero-order chi connectivity index (χ0) is 14.2. The van der Waals surface area contributed by atoms with Gasteiger partial charge in [-0.3, -0.25) is 0 Å². The van der Waals surface area contributed by atoms with Gasteiger partial charge in [0.1, 0.15) is 5.76 Å². The van der Waals surface area contributed by atoms with Crippen LogP contribution in [0.15, 0.2) is 28.7 Å². The highest BCUT2D eigenvalue weighted by molar-refractivity contribution is 5.78. The third kappa shape index (κ3) is 2.38. The van der Waals surface area contributed by atoms with Crippen molar-refractivity contribution in [2.24, 2.45) is 0 Å². The lowest BCUT2D eigenvalue weighted by Crippen LogP contribution is -2.48. The highest BCUT2D eigenvalue weighted by atomic mass is 19.1. The third-order valence-corrected chi connectivity index (χ3v) is 3.95. The molecule has 1 aromatic carbocycles. The molecule has 0 saturated heterocycles. The van der Waals surface area contributed by atoms with Crippen LogP contribution in [0.4, 0.5) is 4.39 Å². The van der Waals surface area contributed by atoms with Crippen molar-refractivity contribution in [1.29, 1.82) is 0 Å². The van der Waals surface area contributed by atoms with E-state index in [1.165, 1.54) is 6.07 Å². The van der Waals surface area contributed by atoms with Gasteiger partial charge in [0.2, 0.25) is 0 Å². The normalized spacial score (nSPS) is 14.3. The first-order valence-corrected chi connectivity index (χ1v) is 6.40. The van der Waals surface area contributed by atoms with Gasteiger partial charge in [-0.1, -0.05) is 12.1 Å². The lowest BCUT2D eigenvalue weighted by atomic mass is 9.91. The number of para-hydroxylation sites is 1. The fourth-order valence-corrected chi connectivity index (χ4v) is 2.29. The zero-order valence-corrected chi connectivity index (χ0v) is 12.1. The number of rotatable bonds is 4. The number of hydrogen-bond donors (Lipinski definition) is 1. The molecule has 1 N–H and O–H groups in total. The van der Waals surface area contributed by atoms with E-state index < -0.39 is 0 Å². The maximum absolute atomic E-state index is 13.7. The molecule has 0 aliphatic rings. The van der Waals surface area contributed by atoms with E-state index in [4.69, 9.17) is 4.42 Å². The van der Waals surface area contributed by atoms with Crippen molar-refractivity contribution < 1.29 is 8.81 Å². The van der Waals surface area contributed by atoms with Crippen LogP contribution in [0.2, 0.25) is 0 Å². The van der Waals surface area contributed by atoms with Crippen LogP contribution in [-0.4, -0.2) is 31.6 Å². The van der Waals surface area contributed by atoms with E-state index in [0.717, 1.165) is 11.1 Å². The van der Waals surface area contributed by atoms with Gasteiger partial charge in [-0.05, 0) is 47.1 Å². The largest absolute Gasteiger partial charge is 0.456 e. The van der Waals surface area contributed by atoms with Crippen molar-refractivity contribution in [3.63, 3.8) is 0 Å². The van der Waals surface area contributed by atoms with Gasteiger partial charge in [-0.25, -0.2) is 4.39 Å². The standard InChI is InChI=1S/C15H21FN2O/c1-15(2,18(4)5)14(17-3)12-9-10-7-6-8-11(16)13(10)19-12/h6-9,14,17H,1-5H3. The molecule has 0 aliphatic heterocycles. The Morgan fingerprint density at radius 1 is 1.32 bits per heavy atom. The summed E-state index contributed by atoms with van der Waals surface area (Å²) in [7, 11) is 5.93. The molecule has 19 heavy (non-hydrogen) atoms. The number of nitrogens with one attached hydrogen (secondary N) is 1. The van der Waals surface area contributed by atoms with Crippen LogP contribution in [0.1, 0.15) is 25.6 Å². The maximum Gasteiger partial charge on any atom is 0.169 e. The Bertz CT molecular complexity index is 575. The van der Waals surface area contributed by atoms with Gasteiger partial charge in [0, 0.05) is 10.9 Å². The van der Waals surface area contributed by atoms with E-state index in [2.05, 4.69) is 24.1 Å². The average Bonchev–Trinajstić information content (AvgIpc) is 2.74. The Kier molecular flexibility index (Phi) is 3.65. The van der Waals surface area contributed by atoms with Crippen molar-refractivity contribution in [2.75, 3.05) is 21.1 Å². The van der Waals surface area contributed by atoms with Crippen molar-refractivity contribution in [3.8, 4) is 0 Å². The first kappa shape index (κ1) is 14.0. The molecule has 0 aliphatic carbocycles. The summed E-state index contributed by atoms with van der Waals surface area (Å²) in [5.74, 6) is 0.433. The molecule has 0 spiro atoms. The predicted molar refractivity (Wildman–Crippen MR) is 75.7 cm³/mol. The van der Waals surface area contributed by atoms with E-state index in [0.29, 0.717) is 5.58 Å². The van der Waals surface area contributed by atoms with E-state index in [-0.39, 0.29) is 17.4 Å². The van der Waals surface area contributed by atoms with Crippen LogP contribution in [0.3, 0.4) is 0 Å². The number of benzene rings is 1. The molecule has 0 bridgehead atoms. The average molecular weight is 264 g/mol. The fourth-order valence-electron chi connectivity index (χ4n) is 2.29. The van der Waals surface area contributed by atoms with Crippen molar-refractivity contribution in [3.05, 3.63) is 35.8 Å². The summed E-state index contributed by atoms with van der Waals surface area (Å²) in [6, 6.07) is 6.86. The predicted octanol–water partition coefficient (Wildman–Crippen LogP) is 3.17. The Morgan fingerprint density at radius 3 is 2.53 bits per heavy atom. The number of fused-ring (bicyclic) bond motifs is 1. The summed E-state index contributed by atoms with van der Waals surface area (Å²) < 4.78 is 19.4. The Balaban J connectivity index is 2.50. The summed E-state index contributed by atoms with van der Waals surface area (Å²) in [6.45, 7) is 4.25. The molecule has 0 amide bonds. The molecule has 0 fully saturated rings. The molecule has 4 heteroatoms. The van der Waals surface area contributed by atoms with E-state index in [9.17, 15) is 4.39 Å². The smallest absolute Gasteiger partial charge is 0.169 e. The van der Waals surface area contributed by atoms with E-state index in [1.54, 1.807) is 6.07 Å². The molecule has 0 saturated carbocycles. The molecule has 1 unspecified atom stereocenters. The monoisotopic (exact) mass is 264 g/mol. The van der Waals surface area contributed by atoms with Crippen molar-refractivity contribution in [2.45, 2.75) is 25.4 Å². The van der Waals surface area contributed by atoms with E-state index in [1.807, 2.05) is 33.3 Å². The first-order chi connectivity index (χ1) is 8.87. The zero-order valence-electron chi connectivity index (χ0n) is 12.1. The van der Waals surface area contributed by atoms with Crippen LogP contribution in [-0.2, 0) is 0 Å². The highest BCUT2D eigenvalue weighted by Crippen LogP contribution is 2.33. The fraction of sp³-hybridized carbons (Fsp3) is 0.467. The molecule has 104 valence electrons. The number of likely N-dealkylation sites (N-methyl/N-ethyl adjacent to an activating group) is 2. The van der Waals surface area contributed by atoms with Gasteiger partial charge in [0.05, 0.1) is 6.04 Å². The molecule has 1 aromatic heterocycles. The van der Waals surface area contributed by atoms with Gasteiger partial charge in [0.25, 0.3) is 0 Å². The van der Waals surface area contributed by atoms with Crippen LogP contribution >= 0.6 is 0 Å². The Labute approximate surface area is 113 Å². The van der Waals surface area contributed by atoms with Crippen LogP contribution in [0.25, 0.3) is 11.0 Å². The van der Waals surface area contributed by atoms with Gasteiger partial charge in [0.15, 0.2) is 11.4 Å². The minimum atomic E-state index is -0.318. The van der Waals surface area contributed by atoms with Gasteiger partial charge < -0.3 is 14.6 Å². The second kappa shape index (κ2) is 4.94. The second-order valence-corrected chi connectivity index (χ2v) is 5.58. The lowest BCUT2D eigenvalue weighted by Gasteiger charge is -2.38. The van der Waals surface area contributed by atoms with Crippen LogP contribution in [0.5, 0.6) is 0 Å². The van der Waals surface area contributed by atoms with Crippen molar-refractivity contribution in [1.82, 2.24) is 10.2 Å². The third-order valence-electron chi connectivity index (χ3n) is 3.95. The van der Waals surface area contributed by atoms with Gasteiger partial charge >= 0.3 is 0 Å². The van der Waals surface area contributed by atoms with Gasteiger partial charge in [-0.15, -0.1) is 0 Å². The number of furan rings is 1. The molecular weight excluding hydrogens is 243 g/mol. The molecule has 2 aromatic rings. The Hall–Kier alpha value is -1.39. The summed E-state index contributed by atoms with van der Waals surface area (Å²) in [6.07, 6.45) is 0. The summed E-state index contributed by atoms with van der Waals surface area (Å²) in [4.78, 5) is 2.12. The molecule has 2 rings (SSSR count). The van der Waals surface area contributed by atoms with E-state index >= 15 is 0 Å². The summed E-state index contributed by atoms with van der Waals surface area (Å²) in [5.41, 5.74) is 0.173. The topological polar surface area (TPSA) is 28.4 Å². The second-order valence-electron chi connectivity index (χ2n) is 5.58. The van der Waals surface area contributed by atoms with Gasteiger partial charge in [-0.2, -0.15) is 0 Å². The molecule has 1 heterocycles. The quantitative estimate of drug-likeness (QED) is 0.919. The minimum Gasteiger partial charge on any atom is -0.456 e.